The first kappa shape index (κ1) is 23.9. The van der Waals surface area contributed by atoms with Crippen LogP contribution in [-0.4, -0.2) is 62.9 Å². The van der Waals surface area contributed by atoms with Gasteiger partial charge in [0.05, 0.1) is 6.54 Å². The lowest BCUT2D eigenvalue weighted by atomic mass is 9.98. The summed E-state index contributed by atoms with van der Waals surface area (Å²) in [5.74, 6) is -0.624. The monoisotopic (exact) mass is 477 g/mol. The standard InChI is InChI=1S/C25H27N5O5/c1-15-26-22(29-28-15)13-30(2)24(33)21(11-12-23(31)32)27-25(34)35-14-20-18-9-5-3-7-16(18)17-8-4-6-10-19(17)20/h3-10,20-21H,11-14H2,1-2H3,(H,27,34)(H,31,32)(H,26,28,29). The van der Waals surface area contributed by atoms with Crippen LogP contribution in [0.4, 0.5) is 4.79 Å². The average molecular weight is 478 g/mol. The third kappa shape index (κ3) is 5.48. The van der Waals surface area contributed by atoms with E-state index in [2.05, 4.69) is 20.5 Å². The Morgan fingerprint density at radius 2 is 1.74 bits per heavy atom. The van der Waals surface area contributed by atoms with Crippen LogP contribution < -0.4 is 5.32 Å². The number of rotatable bonds is 9. The first-order valence-corrected chi connectivity index (χ1v) is 11.3. The van der Waals surface area contributed by atoms with Crippen LogP contribution in [0.2, 0.25) is 0 Å². The molecule has 1 atom stereocenters. The number of benzene rings is 2. The largest absolute Gasteiger partial charge is 0.481 e. The minimum Gasteiger partial charge on any atom is -0.481 e. The molecule has 1 aromatic heterocycles. The molecule has 2 amide bonds. The van der Waals surface area contributed by atoms with E-state index in [0.717, 1.165) is 22.3 Å². The Balaban J connectivity index is 1.41. The van der Waals surface area contributed by atoms with Gasteiger partial charge >= 0.3 is 12.1 Å². The predicted octanol–water partition coefficient (Wildman–Crippen LogP) is 2.84. The molecule has 10 heteroatoms. The van der Waals surface area contributed by atoms with Crippen LogP contribution >= 0.6 is 0 Å². The summed E-state index contributed by atoms with van der Waals surface area (Å²) in [7, 11) is 1.54. The smallest absolute Gasteiger partial charge is 0.407 e. The number of amides is 2. The zero-order valence-corrected chi connectivity index (χ0v) is 19.5. The van der Waals surface area contributed by atoms with Crippen molar-refractivity contribution in [3.63, 3.8) is 0 Å². The Morgan fingerprint density at radius 3 is 2.31 bits per heavy atom. The van der Waals surface area contributed by atoms with Crippen LogP contribution in [0.1, 0.15) is 41.5 Å². The SMILES string of the molecule is Cc1nc(CN(C)C(=O)C(CCC(=O)O)NC(=O)OCC2c3ccccc3-c3ccccc32)n[nH]1. The van der Waals surface area contributed by atoms with Gasteiger partial charge in [-0.15, -0.1) is 0 Å². The number of likely N-dealkylation sites (N-methyl/N-ethyl adjacent to an activating group) is 1. The second-order valence-corrected chi connectivity index (χ2v) is 8.49. The number of aryl methyl sites for hydroxylation is 1. The molecular formula is C25H27N5O5. The maximum atomic E-state index is 13.0. The van der Waals surface area contributed by atoms with Crippen molar-refractivity contribution in [1.29, 1.82) is 0 Å². The average Bonchev–Trinajstić information content (AvgIpc) is 3.40. The van der Waals surface area contributed by atoms with Crippen LogP contribution in [0.25, 0.3) is 11.1 Å². The Morgan fingerprint density at radius 1 is 1.11 bits per heavy atom. The molecule has 35 heavy (non-hydrogen) atoms. The second-order valence-electron chi connectivity index (χ2n) is 8.49. The van der Waals surface area contributed by atoms with Crippen molar-refractivity contribution in [2.75, 3.05) is 13.7 Å². The fourth-order valence-corrected chi connectivity index (χ4v) is 4.32. The third-order valence-corrected chi connectivity index (χ3v) is 5.98. The fraction of sp³-hybridized carbons (Fsp3) is 0.320. The van der Waals surface area contributed by atoms with E-state index < -0.39 is 24.0 Å². The molecule has 4 rings (SSSR count). The molecule has 0 spiro atoms. The van der Waals surface area contributed by atoms with Gasteiger partial charge in [0.15, 0.2) is 5.82 Å². The first-order chi connectivity index (χ1) is 16.8. The summed E-state index contributed by atoms with van der Waals surface area (Å²) in [6.45, 7) is 1.94. The molecule has 0 aliphatic heterocycles. The molecule has 0 fully saturated rings. The Hall–Kier alpha value is -4.21. The van der Waals surface area contributed by atoms with Gasteiger partial charge in [0.2, 0.25) is 5.91 Å². The second kappa shape index (κ2) is 10.4. The highest BCUT2D eigenvalue weighted by Gasteiger charge is 2.30. The Bertz CT molecular complexity index is 1190. The molecule has 2 aromatic carbocycles. The van der Waals surface area contributed by atoms with E-state index in [0.29, 0.717) is 11.6 Å². The molecule has 1 aliphatic carbocycles. The van der Waals surface area contributed by atoms with Gasteiger partial charge < -0.3 is 20.1 Å². The van der Waals surface area contributed by atoms with Crippen molar-refractivity contribution in [2.45, 2.75) is 38.3 Å². The summed E-state index contributed by atoms with van der Waals surface area (Å²) in [6.07, 6.45) is -1.14. The molecule has 0 radical (unpaired) electrons. The van der Waals surface area contributed by atoms with Gasteiger partial charge in [-0.25, -0.2) is 9.78 Å². The number of alkyl carbamates (subject to hydrolysis) is 1. The van der Waals surface area contributed by atoms with Crippen LogP contribution in [0.5, 0.6) is 0 Å². The number of nitrogens with one attached hydrogen (secondary N) is 2. The van der Waals surface area contributed by atoms with Crippen LogP contribution in [0.15, 0.2) is 48.5 Å². The van der Waals surface area contributed by atoms with E-state index in [1.807, 2.05) is 48.5 Å². The van der Waals surface area contributed by atoms with E-state index in [-0.39, 0.29) is 31.9 Å². The highest BCUT2D eigenvalue weighted by molar-refractivity contribution is 5.86. The third-order valence-electron chi connectivity index (χ3n) is 5.98. The summed E-state index contributed by atoms with van der Waals surface area (Å²) < 4.78 is 5.53. The van der Waals surface area contributed by atoms with Crippen LogP contribution in [0.3, 0.4) is 0 Å². The van der Waals surface area contributed by atoms with Gasteiger partial charge in [-0.3, -0.25) is 14.7 Å². The fourth-order valence-electron chi connectivity index (χ4n) is 4.32. The zero-order valence-electron chi connectivity index (χ0n) is 19.5. The lowest BCUT2D eigenvalue weighted by molar-refractivity contribution is -0.138. The highest BCUT2D eigenvalue weighted by atomic mass is 16.5. The van der Waals surface area contributed by atoms with E-state index >= 15 is 0 Å². The number of hydrogen-bond donors (Lipinski definition) is 3. The van der Waals surface area contributed by atoms with Gasteiger partial charge in [-0.05, 0) is 35.6 Å². The van der Waals surface area contributed by atoms with E-state index in [9.17, 15) is 14.4 Å². The lowest BCUT2D eigenvalue weighted by Gasteiger charge is -2.23. The number of aliphatic carboxylic acids is 1. The minimum absolute atomic E-state index is 0.0737. The number of carbonyl (C=O) groups is 3. The number of H-pyrrole nitrogens is 1. The number of aromatic amines is 1. The van der Waals surface area contributed by atoms with Gasteiger partial charge in [0.25, 0.3) is 0 Å². The van der Waals surface area contributed by atoms with Crippen molar-refractivity contribution in [2.24, 2.45) is 0 Å². The first-order valence-electron chi connectivity index (χ1n) is 11.3. The number of fused-ring (bicyclic) bond motifs is 3. The van der Waals surface area contributed by atoms with Crippen molar-refractivity contribution in [3.05, 3.63) is 71.3 Å². The summed E-state index contributed by atoms with van der Waals surface area (Å²) in [5.41, 5.74) is 4.36. The van der Waals surface area contributed by atoms with E-state index in [1.165, 1.54) is 4.90 Å². The maximum Gasteiger partial charge on any atom is 0.407 e. The normalized spacial score (nSPS) is 13.0. The Kier molecular flexibility index (Phi) is 7.09. The molecule has 3 N–H and O–H groups in total. The molecule has 1 heterocycles. The molecule has 0 saturated heterocycles. The molecule has 3 aromatic rings. The van der Waals surface area contributed by atoms with E-state index in [4.69, 9.17) is 9.84 Å². The van der Waals surface area contributed by atoms with Gasteiger partial charge in [-0.1, -0.05) is 48.5 Å². The predicted molar refractivity (Wildman–Crippen MR) is 126 cm³/mol. The number of aromatic nitrogens is 3. The molecular weight excluding hydrogens is 450 g/mol. The molecule has 1 unspecified atom stereocenters. The summed E-state index contributed by atoms with van der Waals surface area (Å²) in [6, 6.07) is 14.9. The highest BCUT2D eigenvalue weighted by Crippen LogP contribution is 2.44. The molecule has 182 valence electrons. The number of carboxylic acids is 1. The molecule has 0 saturated carbocycles. The summed E-state index contributed by atoms with van der Waals surface area (Å²) in [5, 5.41) is 18.4. The number of nitrogens with zero attached hydrogens (tertiary/aromatic N) is 3. The van der Waals surface area contributed by atoms with Gasteiger partial charge in [0.1, 0.15) is 18.5 Å². The quantitative estimate of drug-likeness (QED) is 0.431. The zero-order chi connectivity index (χ0) is 24.9. The van der Waals surface area contributed by atoms with Gasteiger partial charge in [-0.2, -0.15) is 5.10 Å². The van der Waals surface area contributed by atoms with Crippen molar-refractivity contribution in [3.8, 4) is 11.1 Å². The summed E-state index contributed by atoms with van der Waals surface area (Å²) in [4.78, 5) is 42.3. The number of carboxylic acid groups (broad SMARTS) is 1. The topological polar surface area (TPSA) is 138 Å². The summed E-state index contributed by atoms with van der Waals surface area (Å²) >= 11 is 0. The Labute approximate surface area is 202 Å². The van der Waals surface area contributed by atoms with E-state index in [1.54, 1.807) is 14.0 Å². The minimum atomic E-state index is -1.07. The van der Waals surface area contributed by atoms with Crippen molar-refractivity contribution in [1.82, 2.24) is 25.4 Å². The van der Waals surface area contributed by atoms with Crippen molar-refractivity contribution < 1.29 is 24.2 Å². The number of carbonyl (C=O) groups excluding carboxylic acids is 2. The molecule has 1 aliphatic rings. The van der Waals surface area contributed by atoms with Gasteiger partial charge in [0, 0.05) is 19.4 Å². The number of ether oxygens (including phenoxy) is 1. The number of hydrogen-bond acceptors (Lipinski definition) is 6. The maximum absolute atomic E-state index is 13.0. The molecule has 0 bridgehead atoms. The van der Waals surface area contributed by atoms with Crippen LogP contribution in [-0.2, 0) is 20.9 Å². The van der Waals surface area contributed by atoms with Crippen LogP contribution in [0, 0.1) is 6.92 Å². The lowest BCUT2D eigenvalue weighted by Crippen LogP contribution is -2.47. The van der Waals surface area contributed by atoms with Crippen molar-refractivity contribution >= 4 is 18.0 Å². The molecule has 10 nitrogen and oxygen atoms in total.